The highest BCUT2D eigenvalue weighted by molar-refractivity contribution is 6.33. The first kappa shape index (κ1) is 22.8. The SMILES string of the molecule is Cc1c(-c2ccc(OCC(O)CN3CCN(c4ccccc4Cl)CC3)cc2)[nH]c2ccccc12. The second kappa shape index (κ2) is 10.1. The Bertz CT molecular complexity index is 1250. The molecule has 1 aromatic heterocycles. The number of nitrogens with one attached hydrogen (secondary N) is 1. The Kier molecular flexibility index (Phi) is 6.77. The van der Waals surface area contributed by atoms with Gasteiger partial charge in [0.1, 0.15) is 18.5 Å². The van der Waals surface area contributed by atoms with E-state index >= 15 is 0 Å². The highest BCUT2D eigenvalue weighted by Crippen LogP contribution is 2.30. The number of halogens is 1. The van der Waals surface area contributed by atoms with Crippen LogP contribution in [0.1, 0.15) is 5.56 Å². The van der Waals surface area contributed by atoms with Gasteiger partial charge in [0.05, 0.1) is 10.7 Å². The molecule has 3 aromatic carbocycles. The number of ether oxygens (including phenoxy) is 1. The summed E-state index contributed by atoms with van der Waals surface area (Å²) in [6, 6.07) is 24.4. The van der Waals surface area contributed by atoms with E-state index < -0.39 is 6.10 Å². The Morgan fingerprint density at radius 1 is 0.941 bits per heavy atom. The van der Waals surface area contributed by atoms with Crippen LogP contribution in [-0.2, 0) is 0 Å². The van der Waals surface area contributed by atoms with Gasteiger partial charge in [-0.25, -0.2) is 0 Å². The summed E-state index contributed by atoms with van der Waals surface area (Å²) in [5.74, 6) is 0.764. The fourth-order valence-corrected chi connectivity index (χ4v) is 4.97. The molecule has 0 spiro atoms. The van der Waals surface area contributed by atoms with Crippen molar-refractivity contribution in [2.45, 2.75) is 13.0 Å². The van der Waals surface area contributed by atoms with Crippen LogP contribution >= 0.6 is 11.6 Å². The number of aliphatic hydroxyl groups is 1. The molecule has 5 nitrogen and oxygen atoms in total. The molecule has 1 fully saturated rings. The summed E-state index contributed by atoms with van der Waals surface area (Å²) in [5.41, 5.74) is 5.72. The van der Waals surface area contributed by atoms with E-state index in [1.54, 1.807) is 0 Å². The van der Waals surface area contributed by atoms with Gasteiger partial charge in [0.2, 0.25) is 0 Å². The van der Waals surface area contributed by atoms with Crippen LogP contribution in [0.25, 0.3) is 22.2 Å². The molecule has 1 saturated heterocycles. The number of anilines is 1. The lowest BCUT2D eigenvalue weighted by Gasteiger charge is -2.37. The molecular formula is C28H30ClN3O2. The number of aliphatic hydroxyl groups excluding tert-OH is 1. The molecule has 0 aliphatic carbocycles. The summed E-state index contributed by atoms with van der Waals surface area (Å²) < 4.78 is 5.88. The summed E-state index contributed by atoms with van der Waals surface area (Å²) in [6.45, 7) is 6.58. The van der Waals surface area contributed by atoms with Crippen LogP contribution < -0.4 is 9.64 Å². The Morgan fingerprint density at radius 2 is 1.65 bits per heavy atom. The van der Waals surface area contributed by atoms with Crippen LogP contribution in [0, 0.1) is 6.92 Å². The minimum absolute atomic E-state index is 0.273. The molecule has 1 aliphatic rings. The minimum atomic E-state index is -0.539. The molecular weight excluding hydrogens is 446 g/mol. The molecule has 0 bridgehead atoms. The van der Waals surface area contributed by atoms with Gasteiger partial charge in [-0.05, 0) is 60.5 Å². The fourth-order valence-electron chi connectivity index (χ4n) is 4.71. The van der Waals surface area contributed by atoms with E-state index in [0.29, 0.717) is 6.54 Å². The van der Waals surface area contributed by atoms with Gasteiger partial charge < -0.3 is 19.7 Å². The number of para-hydroxylation sites is 2. The maximum Gasteiger partial charge on any atom is 0.119 e. The van der Waals surface area contributed by atoms with Crippen molar-refractivity contribution < 1.29 is 9.84 Å². The van der Waals surface area contributed by atoms with Gasteiger partial charge in [0.25, 0.3) is 0 Å². The predicted molar refractivity (Wildman–Crippen MR) is 140 cm³/mol. The molecule has 1 aliphatic heterocycles. The molecule has 176 valence electrons. The Morgan fingerprint density at radius 3 is 2.38 bits per heavy atom. The summed E-state index contributed by atoms with van der Waals surface area (Å²) in [4.78, 5) is 8.10. The van der Waals surface area contributed by atoms with Crippen LogP contribution in [0.15, 0.2) is 72.8 Å². The molecule has 6 heteroatoms. The molecule has 5 rings (SSSR count). The quantitative estimate of drug-likeness (QED) is 0.378. The number of aryl methyl sites for hydroxylation is 1. The third-order valence-corrected chi connectivity index (χ3v) is 6.91. The number of hydrogen-bond donors (Lipinski definition) is 2. The van der Waals surface area contributed by atoms with Gasteiger partial charge in [-0.1, -0.05) is 41.9 Å². The van der Waals surface area contributed by atoms with Crippen LogP contribution in [-0.4, -0.2) is 60.4 Å². The number of fused-ring (bicyclic) bond motifs is 1. The largest absolute Gasteiger partial charge is 0.491 e. The zero-order valence-corrected chi connectivity index (χ0v) is 20.1. The number of rotatable bonds is 7. The second-order valence-corrected chi connectivity index (χ2v) is 9.31. The van der Waals surface area contributed by atoms with E-state index in [1.807, 2.05) is 36.4 Å². The number of aromatic nitrogens is 1. The molecule has 1 atom stereocenters. The molecule has 4 aromatic rings. The van der Waals surface area contributed by atoms with E-state index in [-0.39, 0.29) is 6.61 Å². The van der Waals surface area contributed by atoms with Crippen molar-refractivity contribution in [2.24, 2.45) is 0 Å². The molecule has 0 amide bonds. The number of aromatic amines is 1. The van der Waals surface area contributed by atoms with Gasteiger partial charge in [-0.2, -0.15) is 0 Å². The normalized spacial score (nSPS) is 15.6. The maximum absolute atomic E-state index is 10.5. The lowest BCUT2D eigenvalue weighted by atomic mass is 10.1. The van der Waals surface area contributed by atoms with E-state index in [4.69, 9.17) is 16.3 Å². The fraction of sp³-hybridized carbons (Fsp3) is 0.286. The maximum atomic E-state index is 10.5. The molecule has 2 heterocycles. The third-order valence-electron chi connectivity index (χ3n) is 6.59. The van der Waals surface area contributed by atoms with Crippen LogP contribution in [0.5, 0.6) is 5.75 Å². The van der Waals surface area contributed by atoms with E-state index in [1.165, 1.54) is 10.9 Å². The third kappa shape index (κ3) is 4.92. The number of H-pyrrole nitrogens is 1. The van der Waals surface area contributed by atoms with Crippen molar-refractivity contribution in [1.82, 2.24) is 9.88 Å². The van der Waals surface area contributed by atoms with Crippen molar-refractivity contribution >= 4 is 28.2 Å². The average molecular weight is 476 g/mol. The van der Waals surface area contributed by atoms with E-state index in [9.17, 15) is 5.11 Å². The first-order valence-corrected chi connectivity index (χ1v) is 12.2. The van der Waals surface area contributed by atoms with Gasteiger partial charge in [0, 0.05) is 49.3 Å². The van der Waals surface area contributed by atoms with Gasteiger partial charge in [-0.15, -0.1) is 0 Å². The van der Waals surface area contributed by atoms with Crippen LogP contribution in [0.3, 0.4) is 0 Å². The van der Waals surface area contributed by atoms with Crippen molar-refractivity contribution in [3.63, 3.8) is 0 Å². The first-order valence-electron chi connectivity index (χ1n) is 11.8. The number of hydrogen-bond acceptors (Lipinski definition) is 4. The number of nitrogens with zero attached hydrogens (tertiary/aromatic N) is 2. The van der Waals surface area contributed by atoms with Crippen LogP contribution in [0.4, 0.5) is 5.69 Å². The van der Waals surface area contributed by atoms with Crippen molar-refractivity contribution in [1.29, 1.82) is 0 Å². The zero-order chi connectivity index (χ0) is 23.5. The van der Waals surface area contributed by atoms with Gasteiger partial charge in [-0.3, -0.25) is 4.90 Å². The lowest BCUT2D eigenvalue weighted by molar-refractivity contribution is 0.0663. The van der Waals surface area contributed by atoms with E-state index in [2.05, 4.69) is 58.1 Å². The molecule has 0 saturated carbocycles. The predicted octanol–water partition coefficient (Wildman–Crippen LogP) is 5.36. The van der Waals surface area contributed by atoms with Gasteiger partial charge >= 0.3 is 0 Å². The summed E-state index contributed by atoms with van der Waals surface area (Å²) >= 11 is 6.33. The van der Waals surface area contributed by atoms with Crippen molar-refractivity contribution in [3.05, 3.63) is 83.4 Å². The zero-order valence-electron chi connectivity index (χ0n) is 19.4. The molecule has 34 heavy (non-hydrogen) atoms. The Balaban J connectivity index is 1.12. The lowest BCUT2D eigenvalue weighted by Crippen LogP contribution is -2.49. The Hall–Kier alpha value is -2.99. The summed E-state index contributed by atoms with van der Waals surface area (Å²) in [5, 5.41) is 12.6. The topological polar surface area (TPSA) is 51.7 Å². The summed E-state index contributed by atoms with van der Waals surface area (Å²) in [6.07, 6.45) is -0.539. The number of piperazine rings is 1. The highest BCUT2D eigenvalue weighted by atomic mass is 35.5. The van der Waals surface area contributed by atoms with Gasteiger partial charge in [0.15, 0.2) is 0 Å². The van der Waals surface area contributed by atoms with Crippen LogP contribution in [0.2, 0.25) is 5.02 Å². The Labute approximate surface area is 205 Å². The monoisotopic (exact) mass is 475 g/mol. The standard InChI is InChI=1S/C28H30ClN3O2/c1-20-24-6-2-4-8-26(24)30-28(20)21-10-12-23(13-11-21)34-19-22(33)18-31-14-16-32(17-15-31)27-9-5-3-7-25(27)29/h2-13,22,30,33H,14-19H2,1H3. The second-order valence-electron chi connectivity index (χ2n) is 8.90. The van der Waals surface area contributed by atoms with Crippen molar-refractivity contribution in [2.75, 3.05) is 44.2 Å². The van der Waals surface area contributed by atoms with E-state index in [0.717, 1.165) is 59.4 Å². The number of benzene rings is 3. The molecule has 0 radical (unpaired) electrons. The first-order chi connectivity index (χ1) is 16.6. The minimum Gasteiger partial charge on any atom is -0.491 e. The number of β-amino-alcohol motifs (C(OH)–C–C–N with tert-alkyl or cyclic N) is 1. The average Bonchev–Trinajstić information content (AvgIpc) is 3.20. The smallest absolute Gasteiger partial charge is 0.119 e. The van der Waals surface area contributed by atoms with Crippen molar-refractivity contribution in [3.8, 4) is 17.0 Å². The molecule has 2 N–H and O–H groups in total. The molecule has 1 unspecified atom stereocenters. The highest BCUT2D eigenvalue weighted by Gasteiger charge is 2.21. The summed E-state index contributed by atoms with van der Waals surface area (Å²) in [7, 11) is 0.